The number of rotatable bonds is 40. The maximum absolute atomic E-state index is 10.2. The van der Waals surface area contributed by atoms with Crippen LogP contribution in [0.5, 0.6) is 0 Å². The van der Waals surface area contributed by atoms with Gasteiger partial charge in [0.2, 0.25) is 6.23 Å². The summed E-state index contributed by atoms with van der Waals surface area (Å²) < 4.78 is 13.4. The highest BCUT2D eigenvalue weighted by Gasteiger charge is 2.36. The first-order chi connectivity index (χ1) is 23.0. The summed E-state index contributed by atoms with van der Waals surface area (Å²) in [5.74, 6) is 0. The minimum Gasteiger partial charge on any atom is -1.00 e. The molecule has 5 heteroatoms. The molecule has 1 N–H and O–H groups in total. The largest absolute Gasteiger partial charge is 1.00 e. The van der Waals surface area contributed by atoms with E-state index in [0.717, 1.165) is 37.1 Å². The quantitative estimate of drug-likeness (QED) is 0.0385. The average molecular weight is 749 g/mol. The topological polar surface area (TPSA) is 38.7 Å². The van der Waals surface area contributed by atoms with Crippen molar-refractivity contribution in [2.75, 3.05) is 40.5 Å². The van der Waals surface area contributed by atoms with Crippen LogP contribution in [0, 0.1) is 0 Å². The first-order valence-corrected chi connectivity index (χ1v) is 21.7. The fourth-order valence-electron chi connectivity index (χ4n) is 6.90. The second-order valence-electron chi connectivity index (χ2n) is 15.6. The van der Waals surface area contributed by atoms with Crippen molar-refractivity contribution in [3.63, 3.8) is 0 Å². The molecule has 0 spiro atoms. The number of aliphatic hydroxyl groups excluding tert-OH is 1. The van der Waals surface area contributed by atoms with Crippen LogP contribution in [0.25, 0.3) is 0 Å². The van der Waals surface area contributed by atoms with Crippen molar-refractivity contribution in [1.82, 2.24) is 0 Å². The van der Waals surface area contributed by atoms with Crippen LogP contribution in [0.3, 0.4) is 0 Å². The van der Waals surface area contributed by atoms with Crippen LogP contribution in [0.1, 0.15) is 226 Å². The molecule has 0 saturated heterocycles. The summed E-state index contributed by atoms with van der Waals surface area (Å²) in [4.78, 5) is 0. The number of unbranched alkanes of at least 4 members (excludes halogenated alkanes) is 30. The molecule has 0 saturated carbocycles. The first kappa shape index (κ1) is 50.4. The number of nitrogens with zero attached hydrogens (tertiary/aromatic N) is 1. The minimum absolute atomic E-state index is 0. The number of hydrogen-bond donors (Lipinski definition) is 1. The summed E-state index contributed by atoms with van der Waals surface area (Å²) in [7, 11) is 4.41. The fourth-order valence-corrected chi connectivity index (χ4v) is 6.90. The monoisotopic (exact) mass is 748 g/mol. The number of ether oxygens (including phenoxy) is 2. The van der Waals surface area contributed by atoms with Crippen molar-refractivity contribution < 1.29 is 36.0 Å². The zero-order valence-electron chi connectivity index (χ0n) is 33.7. The molecule has 0 aliphatic heterocycles. The SMILES string of the molecule is CCCCCCCCCCCCCCCCCCOC(CO)C(OCCCCCCCCCCCCCCCCCC)[N+](C)(C)CC.[Br-]. The van der Waals surface area contributed by atoms with Gasteiger partial charge < -0.3 is 36.0 Å². The molecule has 0 amide bonds. The number of likely N-dealkylation sites (N-methyl/N-ethyl adjacent to an activating group) is 1. The maximum atomic E-state index is 10.2. The van der Waals surface area contributed by atoms with Gasteiger partial charge in [-0.1, -0.05) is 206 Å². The lowest BCUT2D eigenvalue weighted by atomic mass is 10.0. The molecule has 0 radical (unpaired) electrons. The molecule has 0 aromatic heterocycles. The van der Waals surface area contributed by atoms with E-state index in [1.807, 2.05) is 0 Å². The van der Waals surface area contributed by atoms with Crippen molar-refractivity contribution in [1.29, 1.82) is 0 Å². The van der Waals surface area contributed by atoms with Crippen LogP contribution in [0.4, 0.5) is 0 Å². The summed E-state index contributed by atoms with van der Waals surface area (Å²) in [5, 5.41) is 10.2. The predicted octanol–water partition coefficient (Wildman–Crippen LogP) is 10.3. The Morgan fingerprint density at radius 2 is 0.646 bits per heavy atom. The Balaban J connectivity index is 0. The summed E-state index contributed by atoms with van der Waals surface area (Å²) in [6.07, 6.45) is 43.8. The van der Waals surface area contributed by atoms with Crippen LogP contribution in [0.15, 0.2) is 0 Å². The molecule has 0 fully saturated rings. The van der Waals surface area contributed by atoms with Crippen LogP contribution >= 0.6 is 0 Å². The molecule has 0 aromatic rings. The van der Waals surface area contributed by atoms with Crippen LogP contribution < -0.4 is 17.0 Å². The highest BCUT2D eigenvalue weighted by Crippen LogP contribution is 2.19. The van der Waals surface area contributed by atoms with Gasteiger partial charge in [-0.3, -0.25) is 0 Å². The molecule has 0 aromatic carbocycles. The Bertz CT molecular complexity index is 590. The second-order valence-corrected chi connectivity index (χ2v) is 15.6. The van der Waals surface area contributed by atoms with E-state index in [2.05, 4.69) is 34.9 Å². The van der Waals surface area contributed by atoms with Gasteiger partial charge in [-0.25, -0.2) is 0 Å². The van der Waals surface area contributed by atoms with E-state index in [1.54, 1.807) is 0 Å². The average Bonchev–Trinajstić information content (AvgIpc) is 3.07. The highest BCUT2D eigenvalue weighted by molar-refractivity contribution is 4.63. The fraction of sp³-hybridized carbons (Fsp3) is 1.00. The lowest BCUT2D eigenvalue weighted by molar-refractivity contribution is -0.940. The zero-order chi connectivity index (χ0) is 34.5. The van der Waals surface area contributed by atoms with E-state index in [-0.39, 0.29) is 35.9 Å². The summed E-state index contributed by atoms with van der Waals surface area (Å²) in [5.41, 5.74) is 0. The van der Waals surface area contributed by atoms with Crippen LogP contribution in [-0.2, 0) is 9.47 Å². The van der Waals surface area contributed by atoms with Crippen LogP contribution in [-0.4, -0.2) is 62.4 Å². The summed E-state index contributed by atoms with van der Waals surface area (Å²) in [6.45, 7) is 9.28. The molecule has 2 unspecified atom stereocenters. The van der Waals surface area contributed by atoms with Crippen LogP contribution in [0.2, 0.25) is 0 Å². The van der Waals surface area contributed by atoms with Crippen molar-refractivity contribution in [2.45, 2.75) is 239 Å². The molecule has 0 bridgehead atoms. The molecule has 4 nitrogen and oxygen atoms in total. The van der Waals surface area contributed by atoms with E-state index in [1.165, 1.54) is 193 Å². The normalized spacial score (nSPS) is 13.1. The van der Waals surface area contributed by atoms with Gasteiger partial charge in [0.05, 0.1) is 33.9 Å². The zero-order valence-corrected chi connectivity index (χ0v) is 35.3. The van der Waals surface area contributed by atoms with Gasteiger partial charge in [-0.15, -0.1) is 0 Å². The number of aliphatic hydroxyl groups is 1. The van der Waals surface area contributed by atoms with E-state index in [0.29, 0.717) is 0 Å². The van der Waals surface area contributed by atoms with Gasteiger partial charge in [-0.2, -0.15) is 0 Å². The predicted molar refractivity (Wildman–Crippen MR) is 208 cm³/mol. The first-order valence-electron chi connectivity index (χ1n) is 21.7. The molecule has 292 valence electrons. The van der Waals surface area contributed by atoms with E-state index < -0.39 is 0 Å². The van der Waals surface area contributed by atoms with Crippen molar-refractivity contribution in [3.05, 3.63) is 0 Å². The third kappa shape index (κ3) is 33.5. The highest BCUT2D eigenvalue weighted by atomic mass is 79.9. The Hall–Kier alpha value is 0.320. The lowest BCUT2D eigenvalue weighted by Crippen LogP contribution is -3.00. The third-order valence-electron chi connectivity index (χ3n) is 10.6. The Morgan fingerprint density at radius 1 is 0.396 bits per heavy atom. The van der Waals surface area contributed by atoms with Gasteiger partial charge in [0, 0.05) is 6.61 Å². The number of hydrogen-bond acceptors (Lipinski definition) is 3. The van der Waals surface area contributed by atoms with Crippen molar-refractivity contribution in [3.8, 4) is 0 Å². The van der Waals surface area contributed by atoms with Crippen molar-refractivity contribution >= 4 is 0 Å². The molecule has 0 aliphatic rings. The summed E-state index contributed by atoms with van der Waals surface area (Å²) >= 11 is 0. The van der Waals surface area contributed by atoms with Gasteiger partial charge in [0.1, 0.15) is 0 Å². The molecule has 0 aliphatic carbocycles. The number of halogens is 1. The Kier molecular flexibility index (Phi) is 42.1. The smallest absolute Gasteiger partial charge is 0.221 e. The van der Waals surface area contributed by atoms with E-state index in [9.17, 15) is 5.11 Å². The van der Waals surface area contributed by atoms with Gasteiger partial charge in [-0.05, 0) is 19.8 Å². The van der Waals surface area contributed by atoms with Gasteiger partial charge in [0.25, 0.3) is 0 Å². The van der Waals surface area contributed by atoms with E-state index >= 15 is 0 Å². The van der Waals surface area contributed by atoms with E-state index in [4.69, 9.17) is 9.47 Å². The molecular weight excluding hydrogens is 658 g/mol. The number of quaternary nitrogens is 1. The lowest BCUT2D eigenvalue weighted by Gasteiger charge is -2.40. The van der Waals surface area contributed by atoms with Gasteiger partial charge in [0.15, 0.2) is 6.10 Å². The Labute approximate surface area is 314 Å². The summed E-state index contributed by atoms with van der Waals surface area (Å²) in [6, 6.07) is 0. The second kappa shape index (κ2) is 40.1. The third-order valence-corrected chi connectivity index (χ3v) is 10.6. The standard InChI is InChI=1S/C43H90NO3.BrH/c1-6-9-11-13-15-17-19-21-23-25-27-29-31-33-35-37-39-46-42(41-45)43(44(4,5)8-3)47-40-38-36-34-32-30-28-26-24-22-20-18-16-14-12-10-7-2;/h42-43,45H,6-41H2,1-5H3;1H/q+1;/p-1. The van der Waals surface area contributed by atoms with Gasteiger partial charge >= 0.3 is 0 Å². The molecular formula is C43H90BrNO3. The van der Waals surface area contributed by atoms with Crippen molar-refractivity contribution in [2.24, 2.45) is 0 Å². The Morgan fingerprint density at radius 3 is 0.896 bits per heavy atom. The minimum atomic E-state index is -0.248. The molecule has 48 heavy (non-hydrogen) atoms. The maximum Gasteiger partial charge on any atom is 0.221 e. The molecule has 0 heterocycles. The molecule has 0 rings (SSSR count). The molecule has 2 atom stereocenters.